The summed E-state index contributed by atoms with van der Waals surface area (Å²) in [5, 5.41) is 12.8. The monoisotopic (exact) mass is 1110 g/mol. The summed E-state index contributed by atoms with van der Waals surface area (Å²) in [5.41, 5.74) is 15.9. The molecule has 1 heterocycles. The van der Waals surface area contributed by atoms with Crippen molar-refractivity contribution in [1.82, 2.24) is 5.16 Å². The zero-order valence-corrected chi connectivity index (χ0v) is 51.5. The summed E-state index contributed by atoms with van der Waals surface area (Å²) >= 11 is 0. The molecule has 5 aromatic rings. The van der Waals surface area contributed by atoms with Gasteiger partial charge in [-0.1, -0.05) is 221 Å². The number of fused-ring (bicyclic) bond motifs is 1. The highest BCUT2D eigenvalue weighted by atomic mass is 28.3. The molecular formula is C71H78N2O4Si3. The van der Waals surface area contributed by atoms with E-state index in [0.29, 0.717) is 31.5 Å². The maximum absolute atomic E-state index is 11.6. The normalized spacial score (nSPS) is 20.6. The van der Waals surface area contributed by atoms with E-state index in [-0.39, 0.29) is 33.4 Å². The molecule has 4 aromatic carbocycles. The minimum absolute atomic E-state index is 0.0234. The van der Waals surface area contributed by atoms with Gasteiger partial charge in [0.2, 0.25) is 0 Å². The first-order chi connectivity index (χ1) is 37.9. The maximum atomic E-state index is 11.6. The molecule has 0 bridgehead atoms. The second-order valence-electron chi connectivity index (χ2n) is 24.9. The zero-order valence-electron chi connectivity index (χ0n) is 48.5. The van der Waals surface area contributed by atoms with E-state index in [1.54, 1.807) is 18.2 Å². The lowest BCUT2D eigenvalue weighted by atomic mass is 9.71. The quantitative estimate of drug-likeness (QED) is 0.113. The molecular weight excluding hydrogens is 1030 g/mol. The molecule has 3 atom stereocenters. The van der Waals surface area contributed by atoms with Crippen molar-refractivity contribution in [1.29, 1.82) is 5.26 Å². The minimum Gasteiger partial charge on any atom is -0.357 e. The Bertz CT molecular complexity index is 3350. The molecule has 4 aliphatic rings. The molecule has 6 nitrogen and oxygen atoms in total. The van der Waals surface area contributed by atoms with Crippen molar-refractivity contribution in [2.75, 3.05) is 0 Å². The van der Waals surface area contributed by atoms with Crippen molar-refractivity contribution < 1.29 is 18.9 Å². The van der Waals surface area contributed by atoms with Crippen LogP contribution in [0.25, 0.3) is 6.08 Å². The van der Waals surface area contributed by atoms with E-state index in [1.807, 2.05) is 66.9 Å². The number of rotatable bonds is 8. The molecule has 0 amide bonds. The number of carbonyl (C=O) groups is 3. The number of terminal acetylenes is 1. The Morgan fingerprint density at radius 3 is 1.49 bits per heavy atom. The summed E-state index contributed by atoms with van der Waals surface area (Å²) < 4.78 is 5.27. The average Bonchev–Trinajstić information content (AvgIpc) is 3.90. The Kier molecular flexibility index (Phi) is 21.2. The van der Waals surface area contributed by atoms with Gasteiger partial charge in [-0.05, 0) is 97.9 Å². The molecule has 0 saturated heterocycles. The first-order valence-electron chi connectivity index (χ1n) is 27.9. The van der Waals surface area contributed by atoms with E-state index in [2.05, 4.69) is 189 Å². The van der Waals surface area contributed by atoms with Crippen LogP contribution in [0.5, 0.6) is 0 Å². The van der Waals surface area contributed by atoms with Crippen LogP contribution in [0.15, 0.2) is 174 Å². The van der Waals surface area contributed by atoms with Gasteiger partial charge in [0.1, 0.15) is 36.1 Å². The van der Waals surface area contributed by atoms with Crippen LogP contribution in [-0.2, 0) is 46.5 Å². The Hall–Kier alpha value is -7.56. The number of aromatic nitrogens is 1. The van der Waals surface area contributed by atoms with E-state index in [9.17, 15) is 14.4 Å². The standard InChI is InChI=1S/C19H21NOSi.C18H24OSi.C18H22OSi.C16H11NO/c1-22(2,3)12-11-19(13-16-7-5-4-6-8-16)10-9-18-17(14-19)15-20-21-18;2*1-20(2,3)14-13-18(11-9-17(19)10-12-18)15-16-7-5-4-6-8-16;1-2-16(10-13-6-4-3-5-7-13)9-8-15(18)14(11-16)12-17/h4-10,15H,13-14H2,1-3H3;4-8H,9-12,15H2,1-3H3;4-9,11H,10,12,15H2,1-3H3;1,3-9,11H,10H2. The van der Waals surface area contributed by atoms with E-state index in [1.165, 1.54) is 22.8 Å². The van der Waals surface area contributed by atoms with Crippen LogP contribution in [0.4, 0.5) is 0 Å². The van der Waals surface area contributed by atoms with Crippen LogP contribution in [-0.4, -0.2) is 46.7 Å². The molecule has 80 heavy (non-hydrogen) atoms. The molecule has 1 saturated carbocycles. The number of hydrogen-bond acceptors (Lipinski definition) is 6. The Labute approximate surface area is 481 Å². The van der Waals surface area contributed by atoms with Crippen LogP contribution >= 0.6 is 0 Å². The Balaban J connectivity index is 0.000000172. The fraction of sp³-hybridized carbons (Fsp3) is 0.338. The second-order valence-corrected chi connectivity index (χ2v) is 39.1. The van der Waals surface area contributed by atoms with E-state index >= 15 is 0 Å². The van der Waals surface area contributed by atoms with Crippen molar-refractivity contribution in [3.63, 3.8) is 0 Å². The second kappa shape index (κ2) is 27.5. The number of nitrogens with zero attached hydrogens (tertiary/aromatic N) is 2. The SMILES string of the molecule is C#CC1(Cc2ccccc2)C=CC(=O)C(C#N)=C1.C[Si](C)(C)C#CC1(Cc2ccccc2)C=CC(=O)CC1.C[Si](C)(C)C#CC1(Cc2ccccc2)C=Cc2oncc2C1.C[Si](C)(C)C#CC1(Cc2ccccc2)CCC(=O)CC1. The summed E-state index contributed by atoms with van der Waals surface area (Å²) in [6.07, 6.45) is 29.1. The Morgan fingerprint density at radius 2 is 1.01 bits per heavy atom. The molecule has 3 unspecified atom stereocenters. The van der Waals surface area contributed by atoms with Gasteiger partial charge in [-0.15, -0.1) is 29.0 Å². The van der Waals surface area contributed by atoms with Gasteiger partial charge in [0.05, 0.1) is 28.0 Å². The molecule has 9 rings (SSSR count). The van der Waals surface area contributed by atoms with Gasteiger partial charge in [0, 0.05) is 30.2 Å². The predicted molar refractivity (Wildman–Crippen MR) is 336 cm³/mol. The first kappa shape index (κ1) is 61.7. The predicted octanol–water partition coefficient (Wildman–Crippen LogP) is 15.0. The van der Waals surface area contributed by atoms with Gasteiger partial charge in [-0.25, -0.2) is 0 Å². The van der Waals surface area contributed by atoms with Crippen LogP contribution in [0.3, 0.4) is 0 Å². The number of ketones is 3. The maximum Gasteiger partial charge on any atom is 0.195 e. The largest absolute Gasteiger partial charge is 0.357 e. The highest BCUT2D eigenvalue weighted by Gasteiger charge is 2.35. The lowest BCUT2D eigenvalue weighted by Crippen LogP contribution is -2.30. The third-order valence-electron chi connectivity index (χ3n) is 14.0. The highest BCUT2D eigenvalue weighted by molar-refractivity contribution is 6.84. The number of hydrogen-bond donors (Lipinski definition) is 0. The number of nitriles is 1. The third-order valence-corrected chi connectivity index (χ3v) is 16.6. The average molecular weight is 1110 g/mol. The lowest BCUT2D eigenvalue weighted by Gasteiger charge is -2.32. The van der Waals surface area contributed by atoms with Gasteiger partial charge in [0.25, 0.3) is 0 Å². The number of benzene rings is 4. The summed E-state index contributed by atoms with van der Waals surface area (Å²) in [7, 11) is -4.19. The third kappa shape index (κ3) is 20.0. The van der Waals surface area contributed by atoms with Crippen molar-refractivity contribution in [2.45, 2.75) is 130 Å². The van der Waals surface area contributed by atoms with Crippen molar-refractivity contribution in [2.24, 2.45) is 21.7 Å². The molecule has 0 aliphatic heterocycles. The van der Waals surface area contributed by atoms with Crippen LogP contribution in [0.2, 0.25) is 58.9 Å². The van der Waals surface area contributed by atoms with Gasteiger partial charge in [-0.3, -0.25) is 14.4 Å². The van der Waals surface area contributed by atoms with Gasteiger partial charge < -0.3 is 4.52 Å². The molecule has 0 spiro atoms. The van der Waals surface area contributed by atoms with Crippen LogP contribution < -0.4 is 0 Å². The molecule has 1 aromatic heterocycles. The van der Waals surface area contributed by atoms with Gasteiger partial charge >= 0.3 is 0 Å². The summed E-state index contributed by atoms with van der Waals surface area (Å²) in [4.78, 5) is 34.5. The number of carbonyl (C=O) groups excluding carboxylic acids is 3. The summed E-state index contributed by atoms with van der Waals surface area (Å²) in [6.45, 7) is 20.5. The smallest absolute Gasteiger partial charge is 0.195 e. The molecule has 0 radical (unpaired) electrons. The zero-order chi connectivity index (χ0) is 57.9. The summed E-state index contributed by atoms with van der Waals surface area (Å²) in [5.74, 6) is 14.6. The highest BCUT2D eigenvalue weighted by Crippen LogP contribution is 2.39. The van der Waals surface area contributed by atoms with Crippen molar-refractivity contribution >= 4 is 47.6 Å². The van der Waals surface area contributed by atoms with Gasteiger partial charge in [0.15, 0.2) is 17.3 Å². The lowest BCUT2D eigenvalue weighted by molar-refractivity contribution is -0.121. The van der Waals surface area contributed by atoms with E-state index < -0.39 is 29.6 Å². The van der Waals surface area contributed by atoms with Crippen molar-refractivity contribution in [3.8, 4) is 52.8 Å². The van der Waals surface area contributed by atoms with Gasteiger partial charge in [-0.2, -0.15) is 5.26 Å². The first-order valence-corrected chi connectivity index (χ1v) is 38.4. The molecule has 4 aliphatic carbocycles. The number of Topliss-reactive ketones (excluding diaryl/α,β-unsaturated/α-hetero) is 1. The van der Waals surface area contributed by atoms with Crippen molar-refractivity contribution in [3.05, 3.63) is 203 Å². The topological polar surface area (TPSA) is 101 Å². The van der Waals surface area contributed by atoms with E-state index in [0.717, 1.165) is 61.8 Å². The molecule has 408 valence electrons. The Morgan fingerprint density at radius 1 is 0.550 bits per heavy atom. The van der Waals surface area contributed by atoms with Crippen LogP contribution in [0, 0.1) is 79.7 Å². The molecule has 9 heteroatoms. The summed E-state index contributed by atoms with van der Waals surface area (Å²) in [6, 6.07) is 43.2. The molecule has 0 N–H and O–H groups in total. The van der Waals surface area contributed by atoms with Crippen LogP contribution in [0.1, 0.15) is 72.1 Å². The molecule has 1 fully saturated rings. The number of allylic oxidation sites excluding steroid dienone is 7. The van der Waals surface area contributed by atoms with E-state index in [4.69, 9.17) is 16.2 Å². The fourth-order valence-electron chi connectivity index (χ4n) is 9.65. The minimum atomic E-state index is -1.41. The fourth-order valence-corrected chi connectivity index (χ4v) is 11.5.